The molecule has 1 heterocycles. The fourth-order valence-electron chi connectivity index (χ4n) is 4.95. The molecule has 4 nitrogen and oxygen atoms in total. The quantitative estimate of drug-likeness (QED) is 0.710. The van der Waals surface area contributed by atoms with Crippen molar-refractivity contribution >= 4 is 23.4 Å². The Morgan fingerprint density at radius 2 is 1.67 bits per heavy atom. The second kappa shape index (κ2) is 9.65. The zero-order chi connectivity index (χ0) is 20.9. The van der Waals surface area contributed by atoms with Crippen LogP contribution in [0.1, 0.15) is 62.1 Å². The Kier molecular flexibility index (Phi) is 6.73. The predicted octanol–water partition coefficient (Wildman–Crippen LogP) is 5.27. The van der Waals surface area contributed by atoms with Gasteiger partial charge in [0.25, 0.3) is 0 Å². The Morgan fingerprint density at radius 3 is 2.37 bits per heavy atom. The van der Waals surface area contributed by atoms with Crippen LogP contribution >= 0.6 is 11.6 Å². The Morgan fingerprint density at radius 1 is 0.967 bits per heavy atom. The number of hydrogen-bond donors (Lipinski definition) is 1. The summed E-state index contributed by atoms with van der Waals surface area (Å²) in [6.45, 7) is 0.464. The summed E-state index contributed by atoms with van der Waals surface area (Å²) >= 11 is 5.96. The molecule has 1 saturated carbocycles. The third-order valence-corrected chi connectivity index (χ3v) is 6.72. The van der Waals surface area contributed by atoms with Crippen LogP contribution in [0.2, 0.25) is 5.02 Å². The highest BCUT2D eigenvalue weighted by atomic mass is 35.5. The van der Waals surface area contributed by atoms with E-state index >= 15 is 0 Å². The monoisotopic (exact) mass is 424 g/mol. The van der Waals surface area contributed by atoms with E-state index in [1.54, 1.807) is 0 Å². The maximum atomic E-state index is 13.3. The smallest absolute Gasteiger partial charge is 0.225 e. The van der Waals surface area contributed by atoms with Gasteiger partial charge in [-0.05, 0) is 42.5 Å². The van der Waals surface area contributed by atoms with Crippen molar-refractivity contribution in [2.75, 3.05) is 0 Å². The molecular weight excluding hydrogens is 396 g/mol. The van der Waals surface area contributed by atoms with Gasteiger partial charge in [0, 0.05) is 24.0 Å². The maximum absolute atomic E-state index is 13.3. The van der Waals surface area contributed by atoms with Crippen molar-refractivity contribution in [2.45, 2.75) is 63.6 Å². The molecule has 2 atom stereocenters. The molecule has 30 heavy (non-hydrogen) atoms. The highest BCUT2D eigenvalue weighted by Gasteiger charge is 2.43. The lowest BCUT2D eigenvalue weighted by Crippen LogP contribution is -2.52. The molecule has 4 rings (SSSR count). The minimum Gasteiger partial charge on any atom is -0.352 e. The van der Waals surface area contributed by atoms with Crippen molar-refractivity contribution in [2.24, 2.45) is 5.92 Å². The highest BCUT2D eigenvalue weighted by molar-refractivity contribution is 6.30. The minimum absolute atomic E-state index is 0.0205. The van der Waals surface area contributed by atoms with E-state index in [0.717, 1.165) is 36.8 Å². The minimum atomic E-state index is -0.237. The van der Waals surface area contributed by atoms with Crippen LogP contribution in [0.3, 0.4) is 0 Å². The van der Waals surface area contributed by atoms with Gasteiger partial charge >= 0.3 is 0 Å². The first-order chi connectivity index (χ1) is 14.6. The molecule has 2 aromatic carbocycles. The molecule has 0 radical (unpaired) electrons. The molecule has 2 aliphatic rings. The molecule has 2 aromatic rings. The highest BCUT2D eigenvalue weighted by Crippen LogP contribution is 2.41. The van der Waals surface area contributed by atoms with Gasteiger partial charge in [-0.2, -0.15) is 0 Å². The second-order valence-electron chi connectivity index (χ2n) is 8.44. The first-order valence-electron chi connectivity index (χ1n) is 11.0. The normalized spacial score (nSPS) is 22.7. The zero-order valence-electron chi connectivity index (χ0n) is 17.2. The molecule has 1 saturated heterocycles. The van der Waals surface area contributed by atoms with Crippen LogP contribution in [0.4, 0.5) is 0 Å². The molecule has 2 fully saturated rings. The van der Waals surface area contributed by atoms with E-state index in [9.17, 15) is 9.59 Å². The SMILES string of the molecule is O=C(NCc1ccc(Cl)cc1)[C@H]1CCC(=O)N(C2CCCCC2)[C@H]1c1ccccc1. The number of rotatable bonds is 5. The van der Waals surface area contributed by atoms with E-state index < -0.39 is 0 Å². The maximum Gasteiger partial charge on any atom is 0.225 e. The average molecular weight is 425 g/mol. The van der Waals surface area contributed by atoms with Crippen LogP contribution in [0.15, 0.2) is 54.6 Å². The van der Waals surface area contributed by atoms with E-state index in [0.29, 0.717) is 24.4 Å². The summed E-state index contributed by atoms with van der Waals surface area (Å²) in [6, 6.07) is 17.6. The van der Waals surface area contributed by atoms with Crippen molar-refractivity contribution in [1.29, 1.82) is 0 Å². The Balaban J connectivity index is 1.57. The van der Waals surface area contributed by atoms with E-state index in [4.69, 9.17) is 11.6 Å². The number of halogens is 1. The van der Waals surface area contributed by atoms with Gasteiger partial charge in [0.05, 0.1) is 12.0 Å². The molecule has 158 valence electrons. The lowest BCUT2D eigenvalue weighted by molar-refractivity contribution is -0.147. The summed E-state index contributed by atoms with van der Waals surface area (Å²) in [5, 5.41) is 3.79. The molecule has 1 aliphatic carbocycles. The number of benzene rings is 2. The molecule has 1 N–H and O–H groups in total. The second-order valence-corrected chi connectivity index (χ2v) is 8.87. The van der Waals surface area contributed by atoms with Gasteiger partial charge in [-0.15, -0.1) is 0 Å². The van der Waals surface area contributed by atoms with Crippen molar-refractivity contribution in [3.05, 3.63) is 70.7 Å². The number of hydrogen-bond acceptors (Lipinski definition) is 2. The first-order valence-corrected chi connectivity index (χ1v) is 11.4. The number of nitrogens with one attached hydrogen (secondary N) is 1. The van der Waals surface area contributed by atoms with Crippen molar-refractivity contribution < 1.29 is 9.59 Å². The van der Waals surface area contributed by atoms with E-state index in [1.165, 1.54) is 6.42 Å². The Hall–Kier alpha value is -2.33. The summed E-state index contributed by atoms with van der Waals surface area (Å²) in [4.78, 5) is 28.4. The number of carbonyl (C=O) groups excluding carboxylic acids is 2. The molecule has 0 unspecified atom stereocenters. The van der Waals surface area contributed by atoms with E-state index in [-0.39, 0.29) is 29.8 Å². The molecule has 5 heteroatoms. The average Bonchev–Trinajstić information content (AvgIpc) is 2.79. The van der Waals surface area contributed by atoms with Gasteiger partial charge in [0.2, 0.25) is 11.8 Å². The van der Waals surface area contributed by atoms with Gasteiger partial charge < -0.3 is 10.2 Å². The summed E-state index contributed by atoms with van der Waals surface area (Å²) in [5.74, 6) is -0.0241. The topological polar surface area (TPSA) is 49.4 Å². The zero-order valence-corrected chi connectivity index (χ0v) is 18.0. The summed E-state index contributed by atoms with van der Waals surface area (Å²) < 4.78 is 0. The summed E-state index contributed by atoms with van der Waals surface area (Å²) in [5.41, 5.74) is 2.07. The summed E-state index contributed by atoms with van der Waals surface area (Å²) in [6.07, 6.45) is 6.65. The van der Waals surface area contributed by atoms with Gasteiger partial charge in [0.1, 0.15) is 0 Å². The van der Waals surface area contributed by atoms with Crippen LogP contribution in [0.5, 0.6) is 0 Å². The van der Waals surface area contributed by atoms with Gasteiger partial charge in [-0.3, -0.25) is 9.59 Å². The molecule has 0 spiro atoms. The lowest BCUT2D eigenvalue weighted by atomic mass is 9.80. The third-order valence-electron chi connectivity index (χ3n) is 6.46. The van der Waals surface area contributed by atoms with Crippen molar-refractivity contribution in [3.8, 4) is 0 Å². The number of piperidine rings is 1. The third kappa shape index (κ3) is 4.70. The molecule has 1 aliphatic heterocycles. The van der Waals surface area contributed by atoms with Crippen LogP contribution in [-0.4, -0.2) is 22.8 Å². The molecular formula is C25H29ClN2O2. The largest absolute Gasteiger partial charge is 0.352 e. The van der Waals surface area contributed by atoms with Crippen LogP contribution in [0, 0.1) is 5.92 Å². The van der Waals surface area contributed by atoms with Gasteiger partial charge in [-0.1, -0.05) is 73.3 Å². The van der Waals surface area contributed by atoms with E-state index in [1.807, 2.05) is 42.5 Å². The lowest BCUT2D eigenvalue weighted by Gasteiger charge is -2.46. The van der Waals surface area contributed by atoms with Crippen LogP contribution < -0.4 is 5.32 Å². The standard InChI is InChI=1S/C25H29ClN2O2/c26-20-13-11-18(12-14-20)17-27-25(30)22-15-16-23(29)28(21-9-5-2-6-10-21)24(22)19-7-3-1-4-8-19/h1,3-4,7-8,11-14,21-22,24H,2,5-6,9-10,15-17H2,(H,27,30)/t22-,24-/m0/s1. The van der Waals surface area contributed by atoms with Crippen molar-refractivity contribution in [1.82, 2.24) is 10.2 Å². The van der Waals surface area contributed by atoms with Gasteiger partial charge in [-0.25, -0.2) is 0 Å². The molecule has 0 aromatic heterocycles. The Bertz CT molecular complexity index is 862. The predicted molar refractivity (Wildman–Crippen MR) is 119 cm³/mol. The number of nitrogens with zero attached hydrogens (tertiary/aromatic N) is 1. The fraction of sp³-hybridized carbons (Fsp3) is 0.440. The number of amides is 2. The molecule has 0 bridgehead atoms. The first kappa shape index (κ1) is 20.9. The molecule has 2 amide bonds. The van der Waals surface area contributed by atoms with E-state index in [2.05, 4.69) is 22.3 Å². The fourth-order valence-corrected chi connectivity index (χ4v) is 5.07. The van der Waals surface area contributed by atoms with Gasteiger partial charge in [0.15, 0.2) is 0 Å². The summed E-state index contributed by atoms with van der Waals surface area (Å²) in [7, 11) is 0. The number of likely N-dealkylation sites (tertiary alicyclic amines) is 1. The van der Waals surface area contributed by atoms with Crippen LogP contribution in [0.25, 0.3) is 0 Å². The van der Waals surface area contributed by atoms with Crippen LogP contribution in [-0.2, 0) is 16.1 Å². The van der Waals surface area contributed by atoms with Crippen molar-refractivity contribution in [3.63, 3.8) is 0 Å². The Labute approximate surface area is 183 Å². The number of carbonyl (C=O) groups is 2.